The number of nitrogens with two attached hydrogens (primary N) is 1. The monoisotopic (exact) mass is 709 g/mol. The number of hydrogen-bond donors (Lipinski definition) is 2. The summed E-state index contributed by atoms with van der Waals surface area (Å²) in [6, 6.07) is 13.6. The molecule has 2 aromatic heterocycles. The second-order valence-corrected chi connectivity index (χ2v) is 17.0. The van der Waals surface area contributed by atoms with Crippen LogP contribution in [0.2, 0.25) is 0 Å². The molecule has 0 spiro atoms. The van der Waals surface area contributed by atoms with Gasteiger partial charge >= 0.3 is 11.9 Å². The highest BCUT2D eigenvalue weighted by Crippen LogP contribution is 2.42. The zero-order chi connectivity index (χ0) is 35.1. The highest BCUT2D eigenvalue weighted by molar-refractivity contribution is 7.89. The lowest BCUT2D eigenvalue weighted by Crippen LogP contribution is -2.60. The second-order valence-electron chi connectivity index (χ2n) is 14.0. The number of hydrogen-bond acceptors (Lipinski definition) is 10. The number of carbonyl (C=O) groups excluding carboxylic acids is 2. The van der Waals surface area contributed by atoms with Gasteiger partial charge in [-0.05, 0) is 69.7 Å². The van der Waals surface area contributed by atoms with Crippen molar-refractivity contribution in [3.63, 3.8) is 0 Å². The highest BCUT2D eigenvalue weighted by Gasteiger charge is 2.45. The van der Waals surface area contributed by atoms with Crippen molar-refractivity contribution in [2.45, 2.75) is 82.0 Å². The van der Waals surface area contributed by atoms with Crippen molar-refractivity contribution in [3.8, 4) is 10.4 Å². The number of esters is 1. The third-order valence-electron chi connectivity index (χ3n) is 9.54. The lowest BCUT2D eigenvalue weighted by Gasteiger charge is -2.44. The van der Waals surface area contributed by atoms with Gasteiger partial charge in [0.1, 0.15) is 21.2 Å². The van der Waals surface area contributed by atoms with Crippen molar-refractivity contribution in [1.29, 1.82) is 0 Å². The van der Waals surface area contributed by atoms with Gasteiger partial charge in [0.2, 0.25) is 15.9 Å². The van der Waals surface area contributed by atoms with Crippen LogP contribution in [-0.2, 0) is 24.3 Å². The average Bonchev–Trinajstić information content (AvgIpc) is 3.69. The summed E-state index contributed by atoms with van der Waals surface area (Å²) < 4.78 is 34.9. The minimum atomic E-state index is -4.15. The number of amides is 1. The molecule has 1 aromatic carbocycles. The number of carboxylic acids is 1. The number of sulfonamides is 1. The van der Waals surface area contributed by atoms with E-state index in [9.17, 15) is 27.9 Å². The van der Waals surface area contributed by atoms with Crippen LogP contribution in [0.15, 0.2) is 59.6 Å². The van der Waals surface area contributed by atoms with Crippen LogP contribution in [0.5, 0.6) is 0 Å². The number of aromatic nitrogens is 1. The van der Waals surface area contributed by atoms with E-state index >= 15 is 0 Å². The molecule has 1 aliphatic carbocycles. The molecule has 0 bridgehead atoms. The lowest BCUT2D eigenvalue weighted by atomic mass is 9.82. The van der Waals surface area contributed by atoms with E-state index in [1.165, 1.54) is 16.6 Å². The molecule has 0 radical (unpaired) electrons. The summed E-state index contributed by atoms with van der Waals surface area (Å²) in [6.45, 7) is 5.45. The number of anilines is 2. The van der Waals surface area contributed by atoms with E-state index in [-0.39, 0.29) is 28.2 Å². The van der Waals surface area contributed by atoms with Gasteiger partial charge in [-0.3, -0.25) is 9.59 Å². The van der Waals surface area contributed by atoms with Gasteiger partial charge in [0, 0.05) is 24.2 Å². The molecule has 3 fully saturated rings. The van der Waals surface area contributed by atoms with Crippen molar-refractivity contribution >= 4 is 50.7 Å². The predicted octanol–water partition coefficient (Wildman–Crippen LogP) is 4.95. The van der Waals surface area contributed by atoms with Crippen molar-refractivity contribution in [2.75, 3.05) is 29.4 Å². The molecule has 3 N–H and O–H groups in total. The van der Waals surface area contributed by atoms with Crippen LogP contribution >= 0.6 is 11.3 Å². The molecule has 2 aliphatic heterocycles. The van der Waals surface area contributed by atoms with Crippen molar-refractivity contribution < 1.29 is 32.6 Å². The lowest BCUT2D eigenvalue weighted by molar-refractivity contribution is -0.160. The Morgan fingerprint density at radius 3 is 2.39 bits per heavy atom. The Morgan fingerprint density at radius 2 is 1.76 bits per heavy atom. The quantitative estimate of drug-likeness (QED) is 0.306. The minimum absolute atomic E-state index is 0.00694. The summed E-state index contributed by atoms with van der Waals surface area (Å²) in [6.07, 6.45) is 5.67. The fraction of sp³-hybridized carbons (Fsp3) is 0.486. The Bertz CT molecular complexity index is 1800. The molecule has 1 amide bonds. The smallest absolute Gasteiger partial charge is 0.348 e. The molecule has 3 aliphatic rings. The first kappa shape index (κ1) is 35.0. The number of aromatic carboxylic acids is 1. The molecule has 2 saturated heterocycles. The fourth-order valence-electron chi connectivity index (χ4n) is 7.16. The van der Waals surface area contributed by atoms with Gasteiger partial charge in [0.25, 0.3) is 0 Å². The van der Waals surface area contributed by atoms with Gasteiger partial charge in [-0.1, -0.05) is 49.6 Å². The molecule has 49 heavy (non-hydrogen) atoms. The van der Waals surface area contributed by atoms with Crippen LogP contribution < -0.4 is 15.5 Å². The molecule has 3 atom stereocenters. The van der Waals surface area contributed by atoms with E-state index in [0.717, 1.165) is 53.9 Å². The SMILES string of the molecule is CC(C)(C)OC(=O)C1CCN(c2ccc(S(=O)(=O)N3CC(=O)N(c4cc(-c5ccccc5)sc4C(=O)O)C(C4CCCCC4)C3)cn2)C1N. The summed E-state index contributed by atoms with van der Waals surface area (Å²) in [7, 11) is -4.15. The minimum Gasteiger partial charge on any atom is -0.477 e. The van der Waals surface area contributed by atoms with Crippen molar-refractivity contribution in [3.05, 3.63) is 59.6 Å². The Hall–Kier alpha value is -3.85. The molecular formula is C35H43N5O7S2. The number of benzene rings is 1. The number of carbonyl (C=O) groups is 3. The predicted molar refractivity (Wildman–Crippen MR) is 187 cm³/mol. The Kier molecular flexibility index (Phi) is 9.86. The van der Waals surface area contributed by atoms with Crippen LogP contribution in [0.4, 0.5) is 11.5 Å². The summed E-state index contributed by atoms with van der Waals surface area (Å²) in [4.78, 5) is 47.7. The van der Waals surface area contributed by atoms with Crippen LogP contribution in [0, 0.1) is 11.8 Å². The van der Waals surface area contributed by atoms with Gasteiger partial charge < -0.3 is 25.4 Å². The first-order valence-corrected chi connectivity index (χ1v) is 19.0. The molecule has 3 aromatic rings. The summed E-state index contributed by atoms with van der Waals surface area (Å²) in [5, 5.41) is 10.2. The number of rotatable bonds is 8. The van der Waals surface area contributed by atoms with Crippen molar-refractivity contribution in [1.82, 2.24) is 9.29 Å². The van der Waals surface area contributed by atoms with E-state index in [1.54, 1.807) is 42.7 Å². The van der Waals surface area contributed by atoms with Crippen LogP contribution in [-0.4, -0.2) is 78.1 Å². The number of carboxylic acid groups (broad SMARTS) is 1. The summed E-state index contributed by atoms with van der Waals surface area (Å²) >= 11 is 1.11. The van der Waals surface area contributed by atoms with Gasteiger partial charge in [0.15, 0.2) is 0 Å². The number of ether oxygens (including phenoxy) is 1. The molecular weight excluding hydrogens is 667 g/mol. The topological polar surface area (TPSA) is 163 Å². The Labute approximate surface area is 290 Å². The molecule has 4 heterocycles. The normalized spacial score (nSPS) is 22.8. The third kappa shape index (κ3) is 7.23. The largest absolute Gasteiger partial charge is 0.477 e. The summed E-state index contributed by atoms with van der Waals surface area (Å²) in [5.41, 5.74) is 6.93. The number of pyridine rings is 1. The maximum Gasteiger partial charge on any atom is 0.348 e. The fourth-order valence-corrected chi connectivity index (χ4v) is 9.51. The van der Waals surface area contributed by atoms with Crippen LogP contribution in [0.1, 0.15) is 69.0 Å². The standard InChI is InChI=1S/C35H43N5O7S2/c1-35(2,3)47-34(44)25-16-17-39(32(25)36)29-15-14-24(19-37-29)49(45,46)38-20-27(22-10-6-4-7-11-22)40(30(41)21-38)26-18-28(48-31(26)33(42)43)23-12-8-5-9-13-23/h5,8-9,12-15,18-19,22,25,27,32H,4,6-7,10-11,16-17,20-21,36H2,1-3H3,(H,42,43). The van der Waals surface area contributed by atoms with E-state index in [1.807, 2.05) is 30.3 Å². The Morgan fingerprint density at radius 1 is 1.04 bits per heavy atom. The van der Waals surface area contributed by atoms with Gasteiger partial charge in [0.05, 0.1) is 30.4 Å². The maximum absolute atomic E-state index is 14.1. The maximum atomic E-state index is 14.1. The molecule has 6 rings (SSSR count). The Balaban J connectivity index is 1.26. The second kappa shape index (κ2) is 13.8. The first-order valence-electron chi connectivity index (χ1n) is 16.7. The number of nitrogens with zero attached hydrogens (tertiary/aromatic N) is 4. The molecule has 1 saturated carbocycles. The molecule has 12 nitrogen and oxygen atoms in total. The van der Waals surface area contributed by atoms with Gasteiger partial charge in [-0.25, -0.2) is 18.2 Å². The zero-order valence-corrected chi connectivity index (χ0v) is 29.6. The highest BCUT2D eigenvalue weighted by atomic mass is 32.2. The first-order chi connectivity index (χ1) is 23.2. The zero-order valence-electron chi connectivity index (χ0n) is 27.9. The van der Waals surface area contributed by atoms with E-state index < -0.39 is 52.2 Å². The van der Waals surface area contributed by atoms with Gasteiger partial charge in [-0.2, -0.15) is 4.31 Å². The number of piperazine rings is 1. The van der Waals surface area contributed by atoms with Crippen LogP contribution in [0.25, 0.3) is 10.4 Å². The average molecular weight is 710 g/mol. The van der Waals surface area contributed by atoms with Gasteiger partial charge in [-0.15, -0.1) is 11.3 Å². The third-order valence-corrected chi connectivity index (χ3v) is 12.5. The molecule has 14 heteroatoms. The van der Waals surface area contributed by atoms with E-state index in [2.05, 4.69) is 4.98 Å². The van der Waals surface area contributed by atoms with Crippen LogP contribution in [0.3, 0.4) is 0 Å². The van der Waals surface area contributed by atoms with Crippen molar-refractivity contribution in [2.24, 2.45) is 17.6 Å². The molecule has 3 unspecified atom stereocenters. The number of thiophene rings is 1. The van der Waals surface area contributed by atoms with E-state index in [4.69, 9.17) is 10.5 Å². The summed E-state index contributed by atoms with van der Waals surface area (Å²) in [5.74, 6) is -2.08. The van der Waals surface area contributed by atoms with E-state index in [0.29, 0.717) is 24.5 Å². The molecule has 262 valence electrons.